The van der Waals surface area contributed by atoms with Gasteiger partial charge in [-0.05, 0) is 19.4 Å². The van der Waals surface area contributed by atoms with Crippen LogP contribution in [0.1, 0.15) is 26.7 Å². The van der Waals surface area contributed by atoms with Crippen molar-refractivity contribution < 1.29 is 14.3 Å². The number of ether oxygens (including phenoxy) is 2. The molecular weight excluding hydrogens is 206 g/mol. The van der Waals surface area contributed by atoms with E-state index in [4.69, 9.17) is 4.74 Å². The fourth-order valence-electron chi connectivity index (χ4n) is 1.14. The highest BCUT2D eigenvalue weighted by atomic mass is 16.5. The lowest BCUT2D eigenvalue weighted by atomic mass is 10.1. The summed E-state index contributed by atoms with van der Waals surface area (Å²) in [6.45, 7) is 7.50. The minimum Gasteiger partial charge on any atom is -0.469 e. The van der Waals surface area contributed by atoms with Gasteiger partial charge < -0.3 is 14.4 Å². The Labute approximate surface area is 98.9 Å². The van der Waals surface area contributed by atoms with E-state index >= 15 is 0 Å². The third-order valence-corrected chi connectivity index (χ3v) is 2.38. The van der Waals surface area contributed by atoms with Crippen molar-refractivity contribution in [3.05, 3.63) is 0 Å². The largest absolute Gasteiger partial charge is 0.469 e. The van der Waals surface area contributed by atoms with E-state index in [0.29, 0.717) is 12.3 Å². The molecule has 0 bridgehead atoms. The van der Waals surface area contributed by atoms with E-state index in [1.807, 2.05) is 7.05 Å². The van der Waals surface area contributed by atoms with E-state index in [-0.39, 0.29) is 5.97 Å². The van der Waals surface area contributed by atoms with Gasteiger partial charge in [-0.3, -0.25) is 4.79 Å². The van der Waals surface area contributed by atoms with Crippen LogP contribution in [0.2, 0.25) is 0 Å². The van der Waals surface area contributed by atoms with Gasteiger partial charge in [0.05, 0.1) is 20.1 Å². The van der Waals surface area contributed by atoms with Crippen molar-refractivity contribution in [1.82, 2.24) is 4.90 Å². The first-order valence-corrected chi connectivity index (χ1v) is 5.89. The maximum atomic E-state index is 10.9. The van der Waals surface area contributed by atoms with Crippen molar-refractivity contribution in [2.45, 2.75) is 26.7 Å². The summed E-state index contributed by atoms with van der Waals surface area (Å²) in [6, 6.07) is 0. The molecule has 0 N–H and O–H groups in total. The smallest absolute Gasteiger partial charge is 0.306 e. The van der Waals surface area contributed by atoms with Gasteiger partial charge in [0.2, 0.25) is 0 Å². The van der Waals surface area contributed by atoms with Gasteiger partial charge in [0, 0.05) is 19.7 Å². The highest BCUT2D eigenvalue weighted by molar-refractivity contribution is 5.69. The van der Waals surface area contributed by atoms with Crippen LogP contribution in [0, 0.1) is 5.92 Å². The Balaban J connectivity index is 3.30. The quantitative estimate of drug-likeness (QED) is 0.446. The Morgan fingerprint density at radius 2 is 1.94 bits per heavy atom. The molecule has 0 amide bonds. The minimum absolute atomic E-state index is 0.160. The maximum absolute atomic E-state index is 10.9. The molecule has 0 saturated carbocycles. The molecule has 4 heteroatoms. The van der Waals surface area contributed by atoms with E-state index in [1.165, 1.54) is 7.11 Å². The van der Waals surface area contributed by atoms with Crippen LogP contribution >= 0.6 is 0 Å². The first-order valence-electron chi connectivity index (χ1n) is 5.89. The van der Waals surface area contributed by atoms with Gasteiger partial charge in [-0.2, -0.15) is 0 Å². The summed E-state index contributed by atoms with van der Waals surface area (Å²) in [5, 5.41) is 0. The molecule has 0 spiro atoms. The molecule has 96 valence electrons. The molecule has 0 heterocycles. The lowest BCUT2D eigenvalue weighted by Crippen LogP contribution is -2.26. The number of carbonyl (C=O) groups is 1. The van der Waals surface area contributed by atoms with E-state index in [0.717, 1.165) is 32.7 Å². The second kappa shape index (κ2) is 9.60. The molecule has 0 aliphatic rings. The average molecular weight is 231 g/mol. The summed E-state index contributed by atoms with van der Waals surface area (Å²) >= 11 is 0. The molecule has 0 aliphatic heterocycles. The molecule has 0 aromatic heterocycles. The summed E-state index contributed by atoms with van der Waals surface area (Å²) in [5.41, 5.74) is 0. The number of esters is 1. The number of likely N-dealkylation sites (N-methyl/N-ethyl adjacent to an activating group) is 1. The minimum atomic E-state index is -0.160. The number of methoxy groups -OCH3 is 1. The van der Waals surface area contributed by atoms with Gasteiger partial charge in [0.1, 0.15) is 0 Å². The average Bonchev–Trinajstić information content (AvgIpc) is 2.24. The summed E-state index contributed by atoms with van der Waals surface area (Å²) in [5.74, 6) is 0.532. The molecule has 0 radical (unpaired) electrons. The number of hydrogen-bond acceptors (Lipinski definition) is 4. The fourth-order valence-corrected chi connectivity index (χ4v) is 1.14. The van der Waals surface area contributed by atoms with E-state index in [1.54, 1.807) is 0 Å². The summed E-state index contributed by atoms with van der Waals surface area (Å²) in [4.78, 5) is 13.0. The fraction of sp³-hybridized carbons (Fsp3) is 0.917. The number of hydrogen-bond donors (Lipinski definition) is 0. The van der Waals surface area contributed by atoms with E-state index < -0.39 is 0 Å². The highest BCUT2D eigenvalue weighted by Crippen LogP contribution is 1.98. The second-order valence-electron chi connectivity index (χ2n) is 4.42. The van der Waals surface area contributed by atoms with Crippen molar-refractivity contribution in [1.29, 1.82) is 0 Å². The van der Waals surface area contributed by atoms with Crippen LogP contribution in [0.15, 0.2) is 0 Å². The lowest BCUT2D eigenvalue weighted by Gasteiger charge is -2.15. The predicted octanol–water partition coefficient (Wildman–Crippen LogP) is 1.54. The van der Waals surface area contributed by atoms with Crippen molar-refractivity contribution in [2.75, 3.05) is 40.5 Å². The highest BCUT2D eigenvalue weighted by Gasteiger charge is 2.03. The molecule has 0 aliphatic carbocycles. The van der Waals surface area contributed by atoms with E-state index in [9.17, 15) is 4.79 Å². The first kappa shape index (κ1) is 15.4. The molecule has 0 saturated heterocycles. The van der Waals surface area contributed by atoms with Crippen molar-refractivity contribution in [2.24, 2.45) is 5.92 Å². The van der Waals surface area contributed by atoms with Gasteiger partial charge >= 0.3 is 5.97 Å². The van der Waals surface area contributed by atoms with Gasteiger partial charge in [-0.15, -0.1) is 0 Å². The number of nitrogens with zero attached hydrogens (tertiary/aromatic N) is 1. The molecular formula is C12H25NO3. The van der Waals surface area contributed by atoms with Crippen LogP contribution in [-0.2, 0) is 14.3 Å². The standard InChI is InChI=1S/C12H25NO3/c1-11(2)6-9-16-10-8-13(3)7-5-12(14)15-4/h11H,5-10H2,1-4H3. The summed E-state index contributed by atoms with van der Waals surface area (Å²) in [7, 11) is 3.39. The zero-order chi connectivity index (χ0) is 12.4. The van der Waals surface area contributed by atoms with Gasteiger partial charge in [-0.1, -0.05) is 13.8 Å². The predicted molar refractivity (Wildman–Crippen MR) is 64.4 cm³/mol. The SMILES string of the molecule is COC(=O)CCN(C)CCOCCC(C)C. The normalized spacial score (nSPS) is 11.1. The molecule has 4 nitrogen and oxygen atoms in total. The van der Waals surface area contributed by atoms with Crippen LogP contribution in [-0.4, -0.2) is 51.3 Å². The molecule has 0 aromatic rings. The van der Waals surface area contributed by atoms with Crippen LogP contribution < -0.4 is 0 Å². The maximum Gasteiger partial charge on any atom is 0.306 e. The zero-order valence-corrected chi connectivity index (χ0v) is 11.0. The van der Waals surface area contributed by atoms with Crippen molar-refractivity contribution in [3.63, 3.8) is 0 Å². The number of carbonyl (C=O) groups excluding carboxylic acids is 1. The second-order valence-corrected chi connectivity index (χ2v) is 4.42. The zero-order valence-electron chi connectivity index (χ0n) is 11.0. The lowest BCUT2D eigenvalue weighted by molar-refractivity contribution is -0.140. The summed E-state index contributed by atoms with van der Waals surface area (Å²) < 4.78 is 10.1. The van der Waals surface area contributed by atoms with Crippen molar-refractivity contribution >= 4 is 5.97 Å². The molecule has 0 aromatic carbocycles. The van der Waals surface area contributed by atoms with Crippen molar-refractivity contribution in [3.8, 4) is 0 Å². The Morgan fingerprint density at radius 3 is 2.50 bits per heavy atom. The number of rotatable bonds is 9. The van der Waals surface area contributed by atoms with Gasteiger partial charge in [-0.25, -0.2) is 0 Å². The van der Waals surface area contributed by atoms with Gasteiger partial charge in [0.15, 0.2) is 0 Å². The first-order chi connectivity index (χ1) is 7.56. The van der Waals surface area contributed by atoms with Crippen LogP contribution in [0.25, 0.3) is 0 Å². The Hall–Kier alpha value is -0.610. The Kier molecular flexibility index (Phi) is 9.24. The molecule has 16 heavy (non-hydrogen) atoms. The third kappa shape index (κ3) is 9.93. The molecule has 0 rings (SSSR count). The van der Waals surface area contributed by atoms with Crippen LogP contribution in [0.5, 0.6) is 0 Å². The molecule has 0 fully saturated rings. The topological polar surface area (TPSA) is 38.8 Å². The van der Waals surface area contributed by atoms with Crippen LogP contribution in [0.4, 0.5) is 0 Å². The Morgan fingerprint density at radius 1 is 1.25 bits per heavy atom. The monoisotopic (exact) mass is 231 g/mol. The Bertz CT molecular complexity index is 183. The van der Waals surface area contributed by atoms with Crippen LogP contribution in [0.3, 0.4) is 0 Å². The van der Waals surface area contributed by atoms with E-state index in [2.05, 4.69) is 23.5 Å². The summed E-state index contributed by atoms with van der Waals surface area (Å²) in [6.07, 6.45) is 1.55. The molecule has 0 atom stereocenters. The molecule has 0 unspecified atom stereocenters. The van der Waals surface area contributed by atoms with Gasteiger partial charge in [0.25, 0.3) is 0 Å². The third-order valence-electron chi connectivity index (χ3n) is 2.38.